The molecular formula is C59H62N6O16. The number of carbonyl (C=O) groups is 1. The Hall–Kier alpha value is -7.64. The molecule has 0 radical (unpaired) electrons. The first-order valence-corrected chi connectivity index (χ1v) is 27.0. The third-order valence-corrected chi connectivity index (χ3v) is 18.6. The number of allylic oxidation sites excluding steroid dienone is 5. The third kappa shape index (κ3) is 7.44. The lowest BCUT2D eigenvalue weighted by Crippen LogP contribution is -2.85. The van der Waals surface area contributed by atoms with Crippen LogP contribution in [0.3, 0.4) is 0 Å². The number of aromatic nitrogens is 1. The van der Waals surface area contributed by atoms with Crippen LogP contribution in [0.25, 0.3) is 22.3 Å². The zero-order chi connectivity index (χ0) is 56.7. The molecule has 22 nitrogen and oxygen atoms in total. The summed E-state index contributed by atoms with van der Waals surface area (Å²) in [6, 6.07) is 14.9. The van der Waals surface area contributed by atoms with Gasteiger partial charge in [0.25, 0.3) is 0 Å². The fourth-order valence-electron chi connectivity index (χ4n) is 15.1. The van der Waals surface area contributed by atoms with Crippen molar-refractivity contribution in [2.45, 2.75) is 86.8 Å². The number of aromatic hydroxyl groups is 2. The molecule has 8 aliphatic rings. The van der Waals surface area contributed by atoms with E-state index in [-0.39, 0.29) is 59.9 Å². The van der Waals surface area contributed by atoms with E-state index in [0.717, 1.165) is 23.3 Å². The minimum atomic E-state index is -2.83. The van der Waals surface area contributed by atoms with Gasteiger partial charge in [-0.15, -0.1) is 0 Å². The number of fused-ring (bicyclic) bond motifs is 5. The van der Waals surface area contributed by atoms with Gasteiger partial charge in [-0.2, -0.15) is 0 Å². The number of phenolic OH excluding ortho intramolecular Hbond substituents is 2. The summed E-state index contributed by atoms with van der Waals surface area (Å²) >= 11 is 0. The SMILES string of the molecule is CCc1cc(O)cc(C(O)Oc2c(OC3OC(C(=O)O)C4(O)C(O)C3(O)C=C3C4(C4CNCN4)CC4C=CC56C=CC7=C(C=C(N)NC7)C35C4CC6)cc3oc(-c4ccc(OC(CO)C(O)c5ccc(N)[nH]5)cc4)cc(=O)c3c2O)c1. The number of ether oxygens (including phenoxy) is 4. The lowest BCUT2D eigenvalue weighted by molar-refractivity contribution is -0.364. The topological polar surface area (TPSA) is 370 Å². The van der Waals surface area contributed by atoms with Gasteiger partial charge in [0.05, 0.1) is 12.4 Å². The molecule has 14 unspecified atom stereocenters. The van der Waals surface area contributed by atoms with Crippen LogP contribution in [0.5, 0.6) is 28.7 Å². The molecule has 4 fully saturated rings. The average molecular weight is 1110 g/mol. The molecule has 5 heterocycles. The Kier molecular flexibility index (Phi) is 12.2. The Morgan fingerprint density at radius 1 is 1.00 bits per heavy atom. The Morgan fingerprint density at radius 2 is 1.80 bits per heavy atom. The molecule has 17 N–H and O–H groups in total. The van der Waals surface area contributed by atoms with E-state index >= 15 is 0 Å². The third-order valence-electron chi connectivity index (χ3n) is 18.6. The molecule has 3 aromatic carbocycles. The molecular weight excluding hydrogens is 1050 g/mol. The number of dihydropyridines is 1. The van der Waals surface area contributed by atoms with Gasteiger partial charge in [0.1, 0.15) is 51.9 Å². The molecule has 424 valence electrons. The molecule has 2 saturated heterocycles. The summed E-state index contributed by atoms with van der Waals surface area (Å²) in [5.74, 6) is -3.67. The van der Waals surface area contributed by atoms with Crippen molar-refractivity contribution in [1.29, 1.82) is 0 Å². The number of aliphatic hydroxyl groups is 6. The predicted molar refractivity (Wildman–Crippen MR) is 289 cm³/mol. The van der Waals surface area contributed by atoms with Crippen LogP contribution in [0.15, 0.2) is 135 Å². The van der Waals surface area contributed by atoms with Gasteiger partial charge < -0.3 is 96.4 Å². The van der Waals surface area contributed by atoms with Gasteiger partial charge >= 0.3 is 5.97 Å². The fraction of sp³-hybridized carbons (Fsp3) is 0.390. The summed E-state index contributed by atoms with van der Waals surface area (Å²) in [5, 5.41) is 117. The van der Waals surface area contributed by atoms with Crippen molar-refractivity contribution in [3.63, 3.8) is 0 Å². The van der Waals surface area contributed by atoms with E-state index in [4.69, 9.17) is 34.8 Å². The van der Waals surface area contributed by atoms with Crippen LogP contribution in [-0.4, -0.2) is 125 Å². The van der Waals surface area contributed by atoms with Gasteiger partial charge in [-0.1, -0.05) is 31.2 Å². The van der Waals surface area contributed by atoms with Crippen LogP contribution in [0.4, 0.5) is 5.82 Å². The Balaban J connectivity index is 0.966. The molecule has 81 heavy (non-hydrogen) atoms. The number of benzene rings is 3. The zero-order valence-electron chi connectivity index (χ0n) is 43.7. The maximum Gasteiger partial charge on any atom is 0.336 e. The van der Waals surface area contributed by atoms with Crippen molar-refractivity contribution in [2.24, 2.45) is 33.8 Å². The van der Waals surface area contributed by atoms with Crippen molar-refractivity contribution in [3.05, 3.63) is 153 Å². The van der Waals surface area contributed by atoms with E-state index in [2.05, 4.69) is 45.2 Å². The largest absolute Gasteiger partial charge is 0.508 e. The number of aliphatic hydroxyl groups excluding tert-OH is 4. The Labute approximate surface area is 461 Å². The number of carboxylic acids is 1. The first-order valence-electron chi connectivity index (χ1n) is 27.0. The van der Waals surface area contributed by atoms with Gasteiger partial charge in [-0.05, 0) is 127 Å². The Bertz CT molecular complexity index is 3640. The smallest absolute Gasteiger partial charge is 0.336 e. The molecule has 22 heteroatoms. The zero-order valence-corrected chi connectivity index (χ0v) is 43.7. The van der Waals surface area contributed by atoms with E-state index in [1.807, 2.05) is 13.0 Å². The second kappa shape index (κ2) is 18.7. The highest BCUT2D eigenvalue weighted by Gasteiger charge is 2.83. The monoisotopic (exact) mass is 1110 g/mol. The van der Waals surface area contributed by atoms with Crippen LogP contribution in [-0.2, 0) is 16.0 Å². The number of nitrogens with two attached hydrogens (primary N) is 2. The summed E-state index contributed by atoms with van der Waals surface area (Å²) in [5.41, 5.74) is 5.63. The van der Waals surface area contributed by atoms with Gasteiger partial charge in [0.2, 0.25) is 18.3 Å². The lowest BCUT2D eigenvalue weighted by Gasteiger charge is -2.72. The van der Waals surface area contributed by atoms with E-state index in [1.165, 1.54) is 42.5 Å². The first kappa shape index (κ1) is 52.7. The summed E-state index contributed by atoms with van der Waals surface area (Å²) in [4.78, 5) is 31.2. The minimum absolute atomic E-state index is 0.0195. The number of aromatic amines is 1. The molecule has 3 aliphatic heterocycles. The highest BCUT2D eigenvalue weighted by Crippen LogP contribution is 2.80. The number of aryl methyl sites for hydroxylation is 1. The number of hydrogen-bond donors (Lipinski definition) is 15. The molecule has 2 aromatic heterocycles. The van der Waals surface area contributed by atoms with Crippen LogP contribution in [0.2, 0.25) is 0 Å². The van der Waals surface area contributed by atoms with Crippen molar-refractivity contribution >= 4 is 22.8 Å². The van der Waals surface area contributed by atoms with Crippen molar-refractivity contribution in [2.75, 3.05) is 32.1 Å². The molecule has 14 atom stereocenters. The fourth-order valence-corrected chi connectivity index (χ4v) is 15.1. The van der Waals surface area contributed by atoms with Crippen molar-refractivity contribution in [1.82, 2.24) is 20.9 Å². The van der Waals surface area contributed by atoms with Gasteiger partial charge in [-0.3, -0.25) is 10.1 Å². The van der Waals surface area contributed by atoms with Crippen LogP contribution in [0.1, 0.15) is 55.4 Å². The van der Waals surface area contributed by atoms with Crippen LogP contribution < -0.4 is 47.1 Å². The van der Waals surface area contributed by atoms with Crippen molar-refractivity contribution in [3.8, 4) is 40.1 Å². The number of nitrogens with one attached hydrogen (secondary N) is 4. The molecule has 5 aromatic rings. The number of aliphatic carboxylic acids is 1. The van der Waals surface area contributed by atoms with Crippen LogP contribution >= 0.6 is 0 Å². The predicted octanol–water partition coefficient (Wildman–Crippen LogP) is 2.59. The van der Waals surface area contributed by atoms with E-state index in [9.17, 15) is 55.5 Å². The van der Waals surface area contributed by atoms with Gasteiger partial charge in [0, 0.05) is 71.0 Å². The first-order chi connectivity index (χ1) is 38.8. The van der Waals surface area contributed by atoms with Crippen LogP contribution in [0, 0.1) is 28.1 Å². The maximum absolute atomic E-state index is 14.3. The maximum atomic E-state index is 14.3. The van der Waals surface area contributed by atoms with E-state index < -0.39 is 111 Å². The summed E-state index contributed by atoms with van der Waals surface area (Å²) in [7, 11) is 0. The molecule has 13 rings (SSSR count). The number of rotatable bonds is 14. The van der Waals surface area contributed by atoms with E-state index in [0.29, 0.717) is 59.8 Å². The molecule has 1 spiro atoms. The Morgan fingerprint density at radius 3 is 2.52 bits per heavy atom. The molecule has 6 bridgehead atoms. The average Bonchev–Trinajstić information content (AvgIpc) is 1.72. The number of H-pyrrole nitrogens is 1. The minimum Gasteiger partial charge on any atom is -0.508 e. The number of hydrogen-bond acceptors (Lipinski definition) is 20. The summed E-state index contributed by atoms with van der Waals surface area (Å²) < 4.78 is 31.3. The lowest BCUT2D eigenvalue weighted by atomic mass is 9.34. The highest BCUT2D eigenvalue weighted by molar-refractivity contribution is 5.90. The van der Waals surface area contributed by atoms with Gasteiger partial charge in [0.15, 0.2) is 34.7 Å². The summed E-state index contributed by atoms with van der Waals surface area (Å²) in [6.07, 6.45) is 2.54. The number of nitrogen functional groups attached to an aromatic ring is 1. The number of carboxylic acid groups (broad SMARTS) is 1. The quantitative estimate of drug-likeness (QED) is 0.0561. The summed E-state index contributed by atoms with van der Waals surface area (Å²) in [6.45, 7) is 2.15. The molecule has 5 aliphatic carbocycles. The number of phenols is 2. The second-order valence-electron chi connectivity index (χ2n) is 22.6. The number of anilines is 1. The van der Waals surface area contributed by atoms with E-state index in [1.54, 1.807) is 18.2 Å². The highest BCUT2D eigenvalue weighted by atomic mass is 16.7. The standard InChI is InChI=1S/C59H62N6O16/c1-2-27-15-31(17-32(67)16-27)52(73)80-49-40(20-39-46(48(49)70)37(68)19-38(78-39)28-3-5-33(6-4-28)77-41(25-66)47(69)36-7-8-44(60)65-36)79-54-57(75)22-42-56(43-24-62-26-64-43,59(76,53(57)74)50(81-54)51(71)72)21-29-9-12-55-13-10-30-23-63-45(61)18-35(30)58(42,55)34(29)11-14-55/h3-10,12-13,15-20,22,29,34,41,43,47,50,52-54,62-67,69-70,73-76H,2,11,14,21,23-26,60-61H2,1H3,(H,71,72). The molecule has 0 amide bonds. The molecule has 2 saturated carbocycles. The normalized spacial score (nSPS) is 33.3. The van der Waals surface area contributed by atoms with Crippen molar-refractivity contribution < 1.29 is 74.1 Å². The van der Waals surface area contributed by atoms with Gasteiger partial charge in [-0.25, -0.2) is 4.79 Å². The second-order valence-corrected chi connectivity index (χ2v) is 22.6.